The Morgan fingerprint density at radius 2 is 2.00 bits per heavy atom. The molecule has 1 aromatic carbocycles. The van der Waals surface area contributed by atoms with Crippen molar-refractivity contribution in [3.8, 4) is 0 Å². The Morgan fingerprint density at radius 3 is 2.55 bits per heavy atom. The molecule has 0 heterocycles. The highest BCUT2D eigenvalue weighted by molar-refractivity contribution is 9.10. The number of hydrogen-bond donors (Lipinski definition) is 2. The Labute approximate surface area is 127 Å². The molecule has 0 radical (unpaired) electrons. The molecule has 3 N–H and O–H groups in total. The van der Waals surface area contributed by atoms with Crippen molar-refractivity contribution in [1.82, 2.24) is 9.62 Å². The lowest BCUT2D eigenvalue weighted by Gasteiger charge is -2.13. The second-order valence-electron chi connectivity index (χ2n) is 4.52. The molecule has 0 unspecified atom stereocenters. The molecule has 0 aliphatic rings. The van der Waals surface area contributed by atoms with Gasteiger partial charge in [0.05, 0.1) is 5.75 Å². The number of carbonyl (C=O) groups is 1. The number of rotatable bonds is 5. The van der Waals surface area contributed by atoms with E-state index >= 15 is 0 Å². The quantitative estimate of drug-likeness (QED) is 0.762. The number of nitrogens with zero attached hydrogens (tertiary/aromatic N) is 1. The summed E-state index contributed by atoms with van der Waals surface area (Å²) in [7, 11) is -0.409. The van der Waals surface area contributed by atoms with E-state index in [4.69, 9.17) is 5.73 Å². The molecule has 0 spiro atoms. The van der Waals surface area contributed by atoms with Crippen molar-refractivity contribution in [2.45, 2.75) is 6.92 Å². The second-order valence-corrected chi connectivity index (χ2v) is 7.74. The fraction of sp³-hybridized carbons (Fsp3) is 0.417. The maximum Gasteiger partial charge on any atom is 0.251 e. The van der Waals surface area contributed by atoms with Crippen LogP contribution in [0.15, 0.2) is 16.6 Å². The number of carbonyl (C=O) groups excluding carboxylic acids is 1. The van der Waals surface area contributed by atoms with E-state index in [0.717, 1.165) is 4.31 Å². The molecule has 0 saturated heterocycles. The van der Waals surface area contributed by atoms with Crippen LogP contribution in [0.2, 0.25) is 0 Å². The Balaban J connectivity index is 2.74. The fourth-order valence-electron chi connectivity index (χ4n) is 1.51. The minimum Gasteiger partial charge on any atom is -0.398 e. The lowest BCUT2D eigenvalue weighted by molar-refractivity contribution is 0.0955. The van der Waals surface area contributed by atoms with E-state index in [9.17, 15) is 13.2 Å². The predicted octanol–water partition coefficient (Wildman–Crippen LogP) is 0.961. The number of anilines is 1. The summed E-state index contributed by atoms with van der Waals surface area (Å²) in [4.78, 5) is 12.0. The van der Waals surface area contributed by atoms with Crippen molar-refractivity contribution >= 4 is 37.5 Å². The van der Waals surface area contributed by atoms with Crippen LogP contribution in [0.4, 0.5) is 5.69 Å². The predicted molar refractivity (Wildman–Crippen MR) is 83.1 cm³/mol. The van der Waals surface area contributed by atoms with E-state index in [1.165, 1.54) is 14.1 Å². The average molecular weight is 364 g/mol. The SMILES string of the molecule is Cc1c(N)cc(Br)cc1C(=O)NCCS(=O)(=O)N(C)C. The van der Waals surface area contributed by atoms with Gasteiger partial charge in [0.1, 0.15) is 0 Å². The van der Waals surface area contributed by atoms with Gasteiger partial charge in [-0.15, -0.1) is 0 Å². The number of nitrogens with two attached hydrogens (primary N) is 1. The van der Waals surface area contributed by atoms with E-state index in [0.29, 0.717) is 21.3 Å². The lowest BCUT2D eigenvalue weighted by Crippen LogP contribution is -2.34. The summed E-state index contributed by atoms with van der Waals surface area (Å²) in [5.74, 6) is -0.488. The third-order valence-electron chi connectivity index (χ3n) is 2.86. The van der Waals surface area contributed by atoms with Crippen molar-refractivity contribution in [3.05, 3.63) is 27.7 Å². The van der Waals surface area contributed by atoms with Crippen LogP contribution in [0.1, 0.15) is 15.9 Å². The third kappa shape index (κ3) is 4.19. The van der Waals surface area contributed by atoms with Crippen molar-refractivity contribution in [2.24, 2.45) is 0 Å². The number of benzene rings is 1. The summed E-state index contributed by atoms with van der Waals surface area (Å²) >= 11 is 3.27. The molecule has 0 aromatic heterocycles. The summed E-state index contributed by atoms with van der Waals surface area (Å²) < 4.78 is 25.0. The van der Waals surface area contributed by atoms with Crippen LogP contribution in [0.3, 0.4) is 0 Å². The molecule has 6 nitrogen and oxygen atoms in total. The zero-order valence-electron chi connectivity index (χ0n) is 11.6. The largest absolute Gasteiger partial charge is 0.398 e. The average Bonchev–Trinajstić information content (AvgIpc) is 2.33. The van der Waals surface area contributed by atoms with Gasteiger partial charge < -0.3 is 11.1 Å². The van der Waals surface area contributed by atoms with Crippen molar-refractivity contribution < 1.29 is 13.2 Å². The number of sulfonamides is 1. The highest BCUT2D eigenvalue weighted by atomic mass is 79.9. The monoisotopic (exact) mass is 363 g/mol. The Hall–Kier alpha value is -1.12. The minimum atomic E-state index is -3.32. The molecule has 0 fully saturated rings. The number of nitrogen functional groups attached to an aromatic ring is 1. The molecule has 1 amide bonds. The number of amides is 1. The lowest BCUT2D eigenvalue weighted by atomic mass is 10.1. The molecule has 0 saturated carbocycles. The van der Waals surface area contributed by atoms with Gasteiger partial charge in [0.2, 0.25) is 10.0 Å². The van der Waals surface area contributed by atoms with Gasteiger partial charge in [-0.05, 0) is 24.6 Å². The highest BCUT2D eigenvalue weighted by Crippen LogP contribution is 2.22. The summed E-state index contributed by atoms with van der Waals surface area (Å²) in [6.07, 6.45) is 0. The second kappa shape index (κ2) is 6.55. The van der Waals surface area contributed by atoms with E-state index in [1.807, 2.05) is 0 Å². The van der Waals surface area contributed by atoms with Gasteiger partial charge in [0.15, 0.2) is 0 Å². The molecular formula is C12H18BrN3O3S. The summed E-state index contributed by atoms with van der Waals surface area (Å²) in [6.45, 7) is 1.79. The van der Waals surface area contributed by atoms with Gasteiger partial charge in [-0.1, -0.05) is 15.9 Å². The number of nitrogens with one attached hydrogen (secondary N) is 1. The molecule has 112 valence electrons. The van der Waals surface area contributed by atoms with Gasteiger partial charge in [-0.3, -0.25) is 4.79 Å². The van der Waals surface area contributed by atoms with Crippen LogP contribution in [0.5, 0.6) is 0 Å². The zero-order valence-corrected chi connectivity index (χ0v) is 14.0. The summed E-state index contributed by atoms with van der Waals surface area (Å²) in [5.41, 5.74) is 7.39. The van der Waals surface area contributed by atoms with Crippen molar-refractivity contribution in [1.29, 1.82) is 0 Å². The molecule has 0 atom stereocenters. The van der Waals surface area contributed by atoms with Gasteiger partial charge in [0.25, 0.3) is 5.91 Å². The van der Waals surface area contributed by atoms with E-state index in [2.05, 4.69) is 21.2 Å². The van der Waals surface area contributed by atoms with E-state index < -0.39 is 10.0 Å². The van der Waals surface area contributed by atoms with Crippen LogP contribution in [-0.2, 0) is 10.0 Å². The Kier molecular flexibility index (Phi) is 5.55. The molecule has 0 aliphatic carbocycles. The normalized spacial score (nSPS) is 11.7. The topological polar surface area (TPSA) is 92.5 Å². The smallest absolute Gasteiger partial charge is 0.251 e. The zero-order chi connectivity index (χ0) is 15.5. The first-order chi connectivity index (χ1) is 9.15. The molecule has 1 rings (SSSR count). The van der Waals surface area contributed by atoms with Crippen LogP contribution < -0.4 is 11.1 Å². The van der Waals surface area contributed by atoms with Crippen LogP contribution in [0, 0.1) is 6.92 Å². The Bertz CT molecular complexity index is 615. The summed E-state index contributed by atoms with van der Waals surface area (Å²) in [6, 6.07) is 3.37. The first-order valence-corrected chi connectivity index (χ1v) is 8.29. The van der Waals surface area contributed by atoms with Crippen molar-refractivity contribution in [3.63, 3.8) is 0 Å². The van der Waals surface area contributed by atoms with Crippen LogP contribution in [-0.4, -0.2) is 45.0 Å². The fourth-order valence-corrected chi connectivity index (χ4v) is 2.71. The molecular weight excluding hydrogens is 346 g/mol. The van der Waals surface area contributed by atoms with Crippen LogP contribution in [0.25, 0.3) is 0 Å². The first kappa shape index (κ1) is 16.9. The van der Waals surface area contributed by atoms with Crippen molar-refractivity contribution in [2.75, 3.05) is 32.1 Å². The van der Waals surface area contributed by atoms with E-state index in [1.54, 1.807) is 19.1 Å². The maximum absolute atomic E-state index is 12.0. The van der Waals surface area contributed by atoms with Crippen LogP contribution >= 0.6 is 15.9 Å². The molecule has 0 aliphatic heterocycles. The molecule has 1 aromatic rings. The minimum absolute atomic E-state index is 0.0468. The van der Waals surface area contributed by atoms with Gasteiger partial charge in [-0.2, -0.15) is 0 Å². The molecule has 20 heavy (non-hydrogen) atoms. The number of halogens is 1. The molecule has 0 bridgehead atoms. The highest BCUT2D eigenvalue weighted by Gasteiger charge is 2.16. The van der Waals surface area contributed by atoms with Gasteiger partial charge >= 0.3 is 0 Å². The number of hydrogen-bond acceptors (Lipinski definition) is 4. The standard InChI is InChI=1S/C12H18BrN3O3S/c1-8-10(6-9(13)7-11(8)14)12(17)15-4-5-20(18,19)16(2)3/h6-7H,4-5,14H2,1-3H3,(H,15,17). The Morgan fingerprint density at radius 1 is 1.40 bits per heavy atom. The summed E-state index contributed by atoms with van der Waals surface area (Å²) in [5, 5.41) is 2.58. The van der Waals surface area contributed by atoms with Gasteiger partial charge in [0, 0.05) is 36.4 Å². The first-order valence-electron chi connectivity index (χ1n) is 5.89. The van der Waals surface area contributed by atoms with Gasteiger partial charge in [-0.25, -0.2) is 12.7 Å². The van der Waals surface area contributed by atoms with E-state index in [-0.39, 0.29) is 18.2 Å². The maximum atomic E-state index is 12.0. The third-order valence-corrected chi connectivity index (χ3v) is 5.15. The molecule has 8 heteroatoms.